The van der Waals surface area contributed by atoms with Crippen LogP contribution in [0.4, 0.5) is 0 Å². The zero-order valence-electron chi connectivity index (χ0n) is 22.4. The second kappa shape index (κ2) is 8.75. The van der Waals surface area contributed by atoms with Gasteiger partial charge in [0.25, 0.3) is 0 Å². The lowest BCUT2D eigenvalue weighted by Crippen LogP contribution is -1.92. The van der Waals surface area contributed by atoms with Crippen molar-refractivity contribution < 1.29 is 0 Å². The molecule has 0 nitrogen and oxygen atoms in total. The Morgan fingerprint density at radius 1 is 0.366 bits per heavy atom. The maximum atomic E-state index is 2.40. The van der Waals surface area contributed by atoms with Gasteiger partial charge in [0.15, 0.2) is 0 Å². The van der Waals surface area contributed by atoms with E-state index in [0.717, 1.165) is 0 Å². The molecule has 0 aliphatic rings. The van der Waals surface area contributed by atoms with Gasteiger partial charge in [-0.3, -0.25) is 0 Å². The van der Waals surface area contributed by atoms with E-state index in [1.54, 1.807) is 0 Å². The predicted octanol–water partition coefficient (Wildman–Crippen LogP) is 12.4. The standard InChI is InChI=1S/C39H24S2/c1-23-20-21-28-33(22-23)37(32-17-9-15-30-25-11-5-7-19-35(25)41-39(30)32)27-13-3-2-12-26(27)36(28)31-16-8-14-29-24-10-4-6-18-34(24)40-38(29)31/h2-22H,1H3. The minimum absolute atomic E-state index is 1.28. The van der Waals surface area contributed by atoms with Crippen molar-refractivity contribution in [2.24, 2.45) is 0 Å². The quantitative estimate of drug-likeness (QED) is 0.186. The highest BCUT2D eigenvalue weighted by atomic mass is 32.1. The van der Waals surface area contributed by atoms with Gasteiger partial charge in [-0.2, -0.15) is 0 Å². The molecule has 0 atom stereocenters. The Kier molecular flexibility index (Phi) is 4.96. The molecule has 2 heterocycles. The summed E-state index contributed by atoms with van der Waals surface area (Å²) in [6, 6.07) is 47.4. The summed E-state index contributed by atoms with van der Waals surface area (Å²) >= 11 is 3.82. The van der Waals surface area contributed by atoms with Crippen molar-refractivity contribution >= 4 is 84.6 Å². The Morgan fingerprint density at radius 2 is 0.805 bits per heavy atom. The van der Waals surface area contributed by atoms with E-state index >= 15 is 0 Å². The van der Waals surface area contributed by atoms with E-state index in [-0.39, 0.29) is 0 Å². The lowest BCUT2D eigenvalue weighted by molar-refractivity contribution is 1.51. The SMILES string of the molecule is Cc1ccc2c(-c3cccc4c3sc3ccccc34)c3ccccc3c(-c3cccc4c3sc3ccccc34)c2c1. The third kappa shape index (κ3) is 3.32. The molecule has 0 fully saturated rings. The molecule has 0 unspecified atom stereocenters. The lowest BCUT2D eigenvalue weighted by Gasteiger charge is -2.19. The summed E-state index contributed by atoms with van der Waals surface area (Å²) < 4.78 is 5.40. The first kappa shape index (κ1) is 23.2. The first-order valence-corrected chi connectivity index (χ1v) is 15.7. The number of rotatable bonds is 2. The second-order valence-electron chi connectivity index (χ2n) is 10.9. The first-order valence-electron chi connectivity index (χ1n) is 14.0. The molecule has 0 amide bonds. The molecule has 9 rings (SSSR count). The van der Waals surface area contributed by atoms with Crippen molar-refractivity contribution in [1.29, 1.82) is 0 Å². The van der Waals surface area contributed by atoms with Gasteiger partial charge in [0.05, 0.1) is 0 Å². The largest absolute Gasteiger partial charge is 0.135 e. The molecule has 192 valence electrons. The average molecular weight is 557 g/mol. The van der Waals surface area contributed by atoms with Gasteiger partial charge in [-0.1, -0.05) is 121 Å². The van der Waals surface area contributed by atoms with Gasteiger partial charge in [0, 0.05) is 51.5 Å². The fourth-order valence-corrected chi connectivity index (χ4v) is 9.21. The van der Waals surface area contributed by atoms with Crippen molar-refractivity contribution in [3.63, 3.8) is 0 Å². The van der Waals surface area contributed by atoms with Gasteiger partial charge >= 0.3 is 0 Å². The van der Waals surface area contributed by atoms with Crippen LogP contribution in [0, 0.1) is 6.92 Å². The van der Waals surface area contributed by atoms with Crippen LogP contribution in [0.1, 0.15) is 5.56 Å². The summed E-state index contributed by atoms with van der Waals surface area (Å²) in [5, 5.41) is 10.6. The van der Waals surface area contributed by atoms with Crippen molar-refractivity contribution in [1.82, 2.24) is 0 Å². The van der Waals surface area contributed by atoms with E-state index in [4.69, 9.17) is 0 Å². The molecular weight excluding hydrogens is 533 g/mol. The molecular formula is C39H24S2. The van der Waals surface area contributed by atoms with Gasteiger partial charge in [0.2, 0.25) is 0 Å². The van der Waals surface area contributed by atoms with Crippen molar-refractivity contribution in [2.45, 2.75) is 6.92 Å². The molecule has 0 N–H and O–H groups in total. The fourth-order valence-electron chi connectivity index (χ4n) is 6.76. The summed E-state index contributed by atoms with van der Waals surface area (Å²) in [6.07, 6.45) is 0. The average Bonchev–Trinajstić information content (AvgIpc) is 3.59. The summed E-state index contributed by atoms with van der Waals surface area (Å²) in [6.45, 7) is 2.21. The molecule has 0 saturated heterocycles. The van der Waals surface area contributed by atoms with Crippen LogP contribution < -0.4 is 0 Å². The molecule has 2 heteroatoms. The number of benzene rings is 7. The topological polar surface area (TPSA) is 0 Å². The zero-order valence-corrected chi connectivity index (χ0v) is 24.1. The molecule has 9 aromatic rings. The molecule has 0 aliphatic carbocycles. The van der Waals surface area contributed by atoms with Crippen molar-refractivity contribution in [3.8, 4) is 22.3 Å². The summed E-state index contributed by atoms with van der Waals surface area (Å²) in [5.41, 5.74) is 6.59. The molecule has 0 radical (unpaired) electrons. The smallest absolute Gasteiger partial charge is 0.0434 e. The monoisotopic (exact) mass is 556 g/mol. The molecule has 0 aliphatic heterocycles. The molecule has 0 spiro atoms. The number of hydrogen-bond acceptors (Lipinski definition) is 2. The highest BCUT2D eigenvalue weighted by Crippen LogP contribution is 2.50. The van der Waals surface area contributed by atoms with Gasteiger partial charge < -0.3 is 0 Å². The Morgan fingerprint density at radius 3 is 1.37 bits per heavy atom. The van der Waals surface area contributed by atoms with Crippen LogP contribution in [0.25, 0.3) is 84.1 Å². The predicted molar refractivity (Wildman–Crippen MR) is 183 cm³/mol. The Labute approximate surface area is 245 Å². The van der Waals surface area contributed by atoms with E-state index in [2.05, 4.69) is 134 Å². The molecule has 0 saturated carbocycles. The zero-order chi connectivity index (χ0) is 27.1. The van der Waals surface area contributed by atoms with E-state index in [0.29, 0.717) is 0 Å². The number of aryl methyl sites for hydroxylation is 1. The van der Waals surface area contributed by atoms with Gasteiger partial charge in [-0.15, -0.1) is 22.7 Å². The highest BCUT2D eigenvalue weighted by molar-refractivity contribution is 7.26. The maximum Gasteiger partial charge on any atom is 0.0434 e. The van der Waals surface area contributed by atoms with Crippen LogP contribution in [0.15, 0.2) is 127 Å². The molecule has 2 aromatic heterocycles. The van der Waals surface area contributed by atoms with Gasteiger partial charge in [-0.05, 0) is 51.7 Å². The van der Waals surface area contributed by atoms with Crippen molar-refractivity contribution in [3.05, 3.63) is 133 Å². The van der Waals surface area contributed by atoms with Crippen LogP contribution in [0.5, 0.6) is 0 Å². The third-order valence-electron chi connectivity index (χ3n) is 8.53. The number of thiophene rings is 2. The Bertz CT molecular complexity index is 2490. The van der Waals surface area contributed by atoms with E-state index < -0.39 is 0 Å². The number of fused-ring (bicyclic) bond motifs is 8. The highest BCUT2D eigenvalue weighted by Gasteiger charge is 2.21. The van der Waals surface area contributed by atoms with Crippen LogP contribution in [-0.4, -0.2) is 0 Å². The van der Waals surface area contributed by atoms with E-state index in [1.165, 1.54) is 89.7 Å². The van der Waals surface area contributed by atoms with Crippen LogP contribution in [0.2, 0.25) is 0 Å². The lowest BCUT2D eigenvalue weighted by atomic mass is 9.85. The van der Waals surface area contributed by atoms with Crippen LogP contribution >= 0.6 is 22.7 Å². The van der Waals surface area contributed by atoms with E-state index in [9.17, 15) is 0 Å². The van der Waals surface area contributed by atoms with Crippen LogP contribution in [-0.2, 0) is 0 Å². The normalized spacial score (nSPS) is 12.0. The first-order chi connectivity index (χ1) is 20.3. The van der Waals surface area contributed by atoms with E-state index in [1.807, 2.05) is 22.7 Å². The minimum Gasteiger partial charge on any atom is -0.135 e. The fraction of sp³-hybridized carbons (Fsp3) is 0.0256. The third-order valence-corrected chi connectivity index (χ3v) is 11.0. The summed E-state index contributed by atoms with van der Waals surface area (Å²) in [5.74, 6) is 0. The number of hydrogen-bond donors (Lipinski definition) is 0. The maximum absolute atomic E-state index is 2.40. The molecule has 7 aromatic carbocycles. The summed E-state index contributed by atoms with van der Waals surface area (Å²) in [7, 11) is 0. The van der Waals surface area contributed by atoms with Gasteiger partial charge in [-0.25, -0.2) is 0 Å². The summed E-state index contributed by atoms with van der Waals surface area (Å²) in [4.78, 5) is 0. The Hall–Kier alpha value is -4.50. The second-order valence-corrected chi connectivity index (χ2v) is 13.0. The van der Waals surface area contributed by atoms with Crippen LogP contribution in [0.3, 0.4) is 0 Å². The minimum atomic E-state index is 1.28. The van der Waals surface area contributed by atoms with Crippen molar-refractivity contribution in [2.75, 3.05) is 0 Å². The molecule has 0 bridgehead atoms. The molecule has 41 heavy (non-hydrogen) atoms. The van der Waals surface area contributed by atoms with Gasteiger partial charge in [0.1, 0.15) is 0 Å². The Balaban J connectivity index is 1.47.